The third-order valence-corrected chi connectivity index (χ3v) is 6.31. The molecule has 0 radical (unpaired) electrons. The Bertz CT molecular complexity index is 1020. The van der Waals surface area contributed by atoms with Crippen molar-refractivity contribution in [1.82, 2.24) is 9.88 Å². The summed E-state index contributed by atoms with van der Waals surface area (Å²) in [4.78, 5) is 18.6. The van der Waals surface area contributed by atoms with Crippen molar-refractivity contribution >= 4 is 16.7 Å². The maximum atomic E-state index is 13.1. The molecule has 1 aliphatic rings. The van der Waals surface area contributed by atoms with E-state index in [-0.39, 0.29) is 17.5 Å². The van der Waals surface area contributed by atoms with Crippen molar-refractivity contribution in [3.8, 4) is 5.75 Å². The number of rotatable bonds is 7. The second-order valence-electron chi connectivity index (χ2n) is 8.23. The lowest BCUT2D eigenvalue weighted by Gasteiger charge is -2.31. The molecule has 2 heterocycles. The lowest BCUT2D eigenvalue weighted by Crippen LogP contribution is -2.37. The average molecular weight is 409 g/mol. The molecule has 2 aromatic carbocycles. The van der Waals surface area contributed by atoms with E-state index in [0.29, 0.717) is 5.56 Å². The van der Waals surface area contributed by atoms with Crippen LogP contribution in [-0.2, 0) is 6.42 Å². The molecule has 4 rings (SSSR count). The molecule has 4 nitrogen and oxygen atoms in total. The number of fused-ring (bicyclic) bond motifs is 1. The van der Waals surface area contributed by atoms with Gasteiger partial charge >= 0.3 is 0 Å². The number of ketones is 1. The number of aryl methyl sites for hydroxylation is 2. The zero-order chi connectivity index (χ0) is 21.1. The van der Waals surface area contributed by atoms with Crippen molar-refractivity contribution in [2.75, 3.05) is 26.7 Å². The number of likely N-dealkylation sites (tertiary alicyclic amines) is 1. The SMILES string of the molecule is COc1ccc2c(CCCN3CCC(C(=O)c4ccc(F)cc4)CC3)c(C)[nH]c2c1. The van der Waals surface area contributed by atoms with E-state index in [1.165, 1.54) is 28.8 Å². The number of ether oxygens (including phenoxy) is 1. The Kier molecular flexibility index (Phi) is 6.18. The number of H-pyrrole nitrogens is 1. The van der Waals surface area contributed by atoms with Crippen LogP contribution in [0.25, 0.3) is 10.9 Å². The topological polar surface area (TPSA) is 45.3 Å². The van der Waals surface area contributed by atoms with Gasteiger partial charge in [-0.15, -0.1) is 0 Å². The third kappa shape index (κ3) is 4.41. The first-order chi connectivity index (χ1) is 14.5. The standard InChI is InChI=1S/C25H29FN2O2/c1-17-22(23-10-9-21(30-2)16-24(23)27-17)4-3-13-28-14-11-19(12-15-28)25(29)18-5-7-20(26)8-6-18/h5-10,16,19,27H,3-4,11-15H2,1-2H3. The van der Waals surface area contributed by atoms with Gasteiger partial charge in [-0.25, -0.2) is 4.39 Å². The van der Waals surface area contributed by atoms with Crippen LogP contribution in [0.2, 0.25) is 0 Å². The average Bonchev–Trinajstić information content (AvgIpc) is 3.08. The summed E-state index contributed by atoms with van der Waals surface area (Å²) >= 11 is 0. The van der Waals surface area contributed by atoms with E-state index < -0.39 is 0 Å². The summed E-state index contributed by atoms with van der Waals surface area (Å²) in [7, 11) is 1.69. The first kappa shape index (κ1) is 20.6. The number of methoxy groups -OCH3 is 1. The Morgan fingerprint density at radius 1 is 1.17 bits per heavy atom. The molecule has 1 aliphatic heterocycles. The number of hydrogen-bond acceptors (Lipinski definition) is 3. The second kappa shape index (κ2) is 9.00. The molecule has 158 valence electrons. The van der Waals surface area contributed by atoms with Gasteiger partial charge in [-0.05, 0) is 94.2 Å². The molecule has 0 bridgehead atoms. The van der Waals surface area contributed by atoms with Gasteiger partial charge in [0, 0.05) is 34.1 Å². The molecule has 0 amide bonds. The third-order valence-electron chi connectivity index (χ3n) is 6.31. The summed E-state index contributed by atoms with van der Waals surface area (Å²) in [6.45, 7) is 5.07. The number of hydrogen-bond donors (Lipinski definition) is 1. The summed E-state index contributed by atoms with van der Waals surface area (Å²) in [5.74, 6) is 0.774. The van der Waals surface area contributed by atoms with Gasteiger partial charge in [-0.1, -0.05) is 0 Å². The minimum absolute atomic E-state index is 0.0533. The number of benzene rings is 2. The van der Waals surface area contributed by atoms with Gasteiger partial charge in [0.15, 0.2) is 5.78 Å². The number of Topliss-reactive ketones (excluding diaryl/α,β-unsaturated/α-hetero) is 1. The van der Waals surface area contributed by atoms with E-state index in [1.807, 2.05) is 6.07 Å². The highest BCUT2D eigenvalue weighted by Crippen LogP contribution is 2.27. The monoisotopic (exact) mass is 408 g/mol. The number of carbonyl (C=O) groups is 1. The number of nitrogens with one attached hydrogen (secondary N) is 1. The van der Waals surface area contributed by atoms with Crippen molar-refractivity contribution in [2.45, 2.75) is 32.6 Å². The molecule has 0 saturated carbocycles. The zero-order valence-electron chi connectivity index (χ0n) is 17.7. The highest BCUT2D eigenvalue weighted by atomic mass is 19.1. The number of halogens is 1. The Morgan fingerprint density at radius 2 is 1.90 bits per heavy atom. The van der Waals surface area contributed by atoms with Crippen LogP contribution in [0.4, 0.5) is 4.39 Å². The minimum atomic E-state index is -0.300. The Morgan fingerprint density at radius 3 is 2.60 bits per heavy atom. The van der Waals surface area contributed by atoms with Crippen LogP contribution in [0.5, 0.6) is 5.75 Å². The molecule has 0 aliphatic carbocycles. The van der Waals surface area contributed by atoms with E-state index in [9.17, 15) is 9.18 Å². The van der Waals surface area contributed by atoms with Crippen molar-refractivity contribution in [3.63, 3.8) is 0 Å². The Labute approximate surface area is 177 Å². The summed E-state index contributed by atoms with van der Waals surface area (Å²) in [5.41, 5.74) is 4.36. The normalized spacial score (nSPS) is 15.6. The molecule has 5 heteroatoms. The van der Waals surface area contributed by atoms with Crippen molar-refractivity contribution in [3.05, 3.63) is 65.1 Å². The maximum absolute atomic E-state index is 13.1. The zero-order valence-corrected chi connectivity index (χ0v) is 17.7. The van der Waals surface area contributed by atoms with E-state index >= 15 is 0 Å². The fraction of sp³-hybridized carbons (Fsp3) is 0.400. The van der Waals surface area contributed by atoms with Gasteiger partial charge in [0.1, 0.15) is 11.6 Å². The molecular formula is C25H29FN2O2. The fourth-order valence-corrected chi connectivity index (χ4v) is 4.57. The first-order valence-corrected chi connectivity index (χ1v) is 10.7. The summed E-state index contributed by atoms with van der Waals surface area (Å²) in [5, 5.41) is 1.27. The molecule has 30 heavy (non-hydrogen) atoms. The molecule has 3 aromatic rings. The molecule has 1 aromatic heterocycles. The number of aromatic amines is 1. The molecule has 1 N–H and O–H groups in total. The van der Waals surface area contributed by atoms with E-state index in [2.05, 4.69) is 28.9 Å². The number of piperidine rings is 1. The van der Waals surface area contributed by atoms with E-state index in [1.54, 1.807) is 19.2 Å². The van der Waals surface area contributed by atoms with Crippen molar-refractivity contribution in [2.24, 2.45) is 5.92 Å². The van der Waals surface area contributed by atoms with Crippen LogP contribution in [0.3, 0.4) is 0 Å². The van der Waals surface area contributed by atoms with Gasteiger partial charge in [0.25, 0.3) is 0 Å². The fourth-order valence-electron chi connectivity index (χ4n) is 4.57. The van der Waals surface area contributed by atoms with Crippen LogP contribution in [0.1, 0.15) is 40.9 Å². The lowest BCUT2D eigenvalue weighted by molar-refractivity contribution is 0.0839. The van der Waals surface area contributed by atoms with Crippen LogP contribution in [0.15, 0.2) is 42.5 Å². The largest absolute Gasteiger partial charge is 0.497 e. The quantitative estimate of drug-likeness (QED) is 0.550. The summed E-state index contributed by atoms with van der Waals surface area (Å²) in [6.07, 6.45) is 3.88. The molecule has 0 spiro atoms. The first-order valence-electron chi connectivity index (χ1n) is 10.7. The maximum Gasteiger partial charge on any atom is 0.166 e. The van der Waals surface area contributed by atoms with Crippen molar-refractivity contribution < 1.29 is 13.9 Å². The Hall–Kier alpha value is -2.66. The summed E-state index contributed by atoms with van der Waals surface area (Å²) in [6, 6.07) is 12.1. The smallest absolute Gasteiger partial charge is 0.166 e. The number of aromatic nitrogens is 1. The van der Waals surface area contributed by atoms with Gasteiger partial charge in [0.2, 0.25) is 0 Å². The van der Waals surface area contributed by atoms with Gasteiger partial charge in [0.05, 0.1) is 7.11 Å². The van der Waals surface area contributed by atoms with Crippen LogP contribution < -0.4 is 4.74 Å². The van der Waals surface area contributed by atoms with Crippen molar-refractivity contribution in [1.29, 1.82) is 0 Å². The van der Waals surface area contributed by atoms with Gasteiger partial charge in [-0.2, -0.15) is 0 Å². The van der Waals surface area contributed by atoms with Crippen LogP contribution >= 0.6 is 0 Å². The van der Waals surface area contributed by atoms with E-state index in [0.717, 1.165) is 56.6 Å². The predicted molar refractivity (Wildman–Crippen MR) is 118 cm³/mol. The number of carbonyl (C=O) groups excluding carboxylic acids is 1. The lowest BCUT2D eigenvalue weighted by atomic mass is 9.89. The highest BCUT2D eigenvalue weighted by molar-refractivity contribution is 5.97. The molecule has 1 fully saturated rings. The van der Waals surface area contributed by atoms with Crippen LogP contribution in [-0.4, -0.2) is 42.4 Å². The summed E-state index contributed by atoms with van der Waals surface area (Å²) < 4.78 is 18.4. The predicted octanol–water partition coefficient (Wildman–Crippen LogP) is 5.15. The number of nitrogens with zero attached hydrogens (tertiary/aromatic N) is 1. The molecule has 1 saturated heterocycles. The van der Waals surface area contributed by atoms with Gasteiger partial charge in [-0.3, -0.25) is 4.79 Å². The van der Waals surface area contributed by atoms with E-state index in [4.69, 9.17) is 4.74 Å². The second-order valence-corrected chi connectivity index (χ2v) is 8.23. The van der Waals surface area contributed by atoms with Crippen LogP contribution in [0, 0.1) is 18.7 Å². The molecule has 0 unspecified atom stereocenters. The molecular weight excluding hydrogens is 379 g/mol. The Balaban J connectivity index is 1.28. The highest BCUT2D eigenvalue weighted by Gasteiger charge is 2.25. The minimum Gasteiger partial charge on any atom is -0.497 e. The van der Waals surface area contributed by atoms with Gasteiger partial charge < -0.3 is 14.6 Å². The molecule has 0 atom stereocenters.